The highest BCUT2D eigenvalue weighted by atomic mass is 79.9. The van der Waals surface area contributed by atoms with E-state index < -0.39 is 0 Å². The first-order valence-electron chi connectivity index (χ1n) is 6.83. The molecule has 98 valence electrons. The number of ketones is 1. The minimum Gasteiger partial charge on any atom is -0.299 e. The highest BCUT2D eigenvalue weighted by molar-refractivity contribution is 9.10. The maximum atomic E-state index is 12.3. The summed E-state index contributed by atoms with van der Waals surface area (Å²) in [5.74, 6) is 2.19. The Kier molecular flexibility index (Phi) is 4.60. The zero-order valence-electron chi connectivity index (χ0n) is 11.2. The number of carbonyl (C=O) groups excluding carboxylic acids is 1. The van der Waals surface area contributed by atoms with Crippen LogP contribution < -0.4 is 0 Å². The van der Waals surface area contributed by atoms with E-state index in [0.717, 1.165) is 28.8 Å². The van der Waals surface area contributed by atoms with Gasteiger partial charge in [-0.25, -0.2) is 0 Å². The van der Waals surface area contributed by atoms with Crippen molar-refractivity contribution in [2.45, 2.75) is 39.5 Å². The maximum Gasteiger partial charge on any atom is 0.140 e. The summed E-state index contributed by atoms with van der Waals surface area (Å²) in [6, 6.07) is 8.09. The molecule has 3 unspecified atom stereocenters. The molecule has 0 radical (unpaired) electrons. The molecule has 18 heavy (non-hydrogen) atoms. The average Bonchev–Trinajstić information content (AvgIpc) is 2.35. The van der Waals surface area contributed by atoms with Gasteiger partial charge < -0.3 is 0 Å². The Morgan fingerprint density at radius 3 is 2.44 bits per heavy atom. The zero-order chi connectivity index (χ0) is 13.1. The molecule has 1 nitrogen and oxygen atoms in total. The molecule has 1 saturated carbocycles. The van der Waals surface area contributed by atoms with Crippen molar-refractivity contribution in [3.05, 3.63) is 34.3 Å². The van der Waals surface area contributed by atoms with Crippen molar-refractivity contribution in [1.29, 1.82) is 0 Å². The second-order valence-electron chi connectivity index (χ2n) is 5.73. The fourth-order valence-corrected chi connectivity index (χ4v) is 3.05. The monoisotopic (exact) mass is 308 g/mol. The predicted octanol–water partition coefficient (Wildman–Crippen LogP) is 4.63. The summed E-state index contributed by atoms with van der Waals surface area (Å²) in [6.45, 7) is 4.59. The summed E-state index contributed by atoms with van der Waals surface area (Å²) in [5, 5.41) is 0. The lowest BCUT2D eigenvalue weighted by atomic mass is 9.73. The number of hydrogen-bond acceptors (Lipinski definition) is 1. The van der Waals surface area contributed by atoms with E-state index in [2.05, 4.69) is 29.8 Å². The summed E-state index contributed by atoms with van der Waals surface area (Å²) in [5.41, 5.74) is 1.13. The second kappa shape index (κ2) is 6.01. The lowest BCUT2D eigenvalue weighted by Crippen LogP contribution is -2.27. The highest BCUT2D eigenvalue weighted by Gasteiger charge is 2.28. The van der Waals surface area contributed by atoms with Crippen molar-refractivity contribution in [2.75, 3.05) is 0 Å². The van der Waals surface area contributed by atoms with Crippen LogP contribution in [0, 0.1) is 17.8 Å². The molecule has 1 aromatic rings. The number of rotatable bonds is 3. The van der Waals surface area contributed by atoms with Gasteiger partial charge >= 0.3 is 0 Å². The molecule has 0 heterocycles. The first kappa shape index (κ1) is 13.8. The molecule has 1 aliphatic carbocycles. The number of Topliss-reactive ketones (excluding diaryl/α,β-unsaturated/α-hetero) is 1. The van der Waals surface area contributed by atoms with E-state index in [0.29, 0.717) is 24.0 Å². The van der Waals surface area contributed by atoms with Gasteiger partial charge in [-0.3, -0.25) is 4.79 Å². The molecule has 0 aliphatic heterocycles. The van der Waals surface area contributed by atoms with Crippen LogP contribution in [0.25, 0.3) is 0 Å². The summed E-state index contributed by atoms with van der Waals surface area (Å²) >= 11 is 3.42. The van der Waals surface area contributed by atoms with Crippen LogP contribution in [0.3, 0.4) is 0 Å². The van der Waals surface area contributed by atoms with Crippen molar-refractivity contribution in [2.24, 2.45) is 17.8 Å². The van der Waals surface area contributed by atoms with Gasteiger partial charge in [-0.1, -0.05) is 41.9 Å². The summed E-state index contributed by atoms with van der Waals surface area (Å²) < 4.78 is 1.07. The largest absolute Gasteiger partial charge is 0.299 e. The Balaban J connectivity index is 1.94. The van der Waals surface area contributed by atoms with Crippen LogP contribution in [-0.2, 0) is 11.2 Å². The average molecular weight is 309 g/mol. The number of hydrogen-bond donors (Lipinski definition) is 0. The van der Waals surface area contributed by atoms with E-state index >= 15 is 0 Å². The van der Waals surface area contributed by atoms with E-state index in [9.17, 15) is 4.79 Å². The normalized spacial score (nSPS) is 28.1. The summed E-state index contributed by atoms with van der Waals surface area (Å²) in [4.78, 5) is 12.3. The van der Waals surface area contributed by atoms with Gasteiger partial charge in [-0.15, -0.1) is 0 Å². The molecule has 1 aliphatic rings. The molecular weight excluding hydrogens is 288 g/mol. The molecule has 1 fully saturated rings. The maximum absolute atomic E-state index is 12.3. The van der Waals surface area contributed by atoms with Crippen LogP contribution in [0.15, 0.2) is 28.7 Å². The van der Waals surface area contributed by atoms with Crippen molar-refractivity contribution in [1.82, 2.24) is 0 Å². The Hall–Kier alpha value is -0.630. The van der Waals surface area contributed by atoms with Gasteiger partial charge in [0.1, 0.15) is 5.78 Å². The van der Waals surface area contributed by atoms with E-state index in [1.807, 2.05) is 24.3 Å². The first-order chi connectivity index (χ1) is 8.56. The standard InChI is InChI=1S/C16H21BrO/c1-11-3-6-14(9-12(11)2)16(18)10-13-4-7-15(17)8-5-13/h4-5,7-8,11-12,14H,3,6,9-10H2,1-2H3. The Labute approximate surface area is 118 Å². The van der Waals surface area contributed by atoms with Crippen LogP contribution in [0.1, 0.15) is 38.7 Å². The van der Waals surface area contributed by atoms with Crippen molar-refractivity contribution < 1.29 is 4.79 Å². The van der Waals surface area contributed by atoms with Gasteiger partial charge in [0.15, 0.2) is 0 Å². The van der Waals surface area contributed by atoms with Crippen LogP contribution in [0.5, 0.6) is 0 Å². The molecule has 1 aromatic carbocycles. The fraction of sp³-hybridized carbons (Fsp3) is 0.562. The minimum atomic E-state index is 0.292. The molecule has 0 aromatic heterocycles. The first-order valence-corrected chi connectivity index (χ1v) is 7.62. The lowest BCUT2D eigenvalue weighted by molar-refractivity contribution is -0.123. The SMILES string of the molecule is CC1CCC(C(=O)Cc2ccc(Br)cc2)CC1C. The van der Waals surface area contributed by atoms with Crippen LogP contribution in [0.2, 0.25) is 0 Å². The van der Waals surface area contributed by atoms with Gasteiger partial charge in [0.25, 0.3) is 0 Å². The van der Waals surface area contributed by atoms with Gasteiger partial charge in [-0.05, 0) is 48.8 Å². The predicted molar refractivity (Wildman–Crippen MR) is 78.5 cm³/mol. The van der Waals surface area contributed by atoms with Crippen molar-refractivity contribution in [3.63, 3.8) is 0 Å². The number of halogens is 1. The number of carbonyl (C=O) groups is 1. The van der Waals surface area contributed by atoms with Crippen LogP contribution in [-0.4, -0.2) is 5.78 Å². The third kappa shape index (κ3) is 3.44. The highest BCUT2D eigenvalue weighted by Crippen LogP contribution is 2.34. The lowest BCUT2D eigenvalue weighted by Gasteiger charge is -2.31. The topological polar surface area (TPSA) is 17.1 Å². The van der Waals surface area contributed by atoms with E-state index in [-0.39, 0.29) is 0 Å². The van der Waals surface area contributed by atoms with Crippen molar-refractivity contribution in [3.8, 4) is 0 Å². The minimum absolute atomic E-state index is 0.292. The third-order valence-electron chi connectivity index (χ3n) is 4.35. The molecule has 2 heteroatoms. The van der Waals surface area contributed by atoms with Crippen LogP contribution >= 0.6 is 15.9 Å². The van der Waals surface area contributed by atoms with Gasteiger partial charge in [0.05, 0.1) is 0 Å². The zero-order valence-corrected chi connectivity index (χ0v) is 12.7. The van der Waals surface area contributed by atoms with Crippen LogP contribution in [0.4, 0.5) is 0 Å². The Bertz CT molecular complexity index is 410. The van der Waals surface area contributed by atoms with Gasteiger partial charge in [0, 0.05) is 16.8 Å². The molecule has 2 rings (SSSR count). The number of benzene rings is 1. The summed E-state index contributed by atoms with van der Waals surface area (Å²) in [7, 11) is 0. The van der Waals surface area contributed by atoms with Gasteiger partial charge in [-0.2, -0.15) is 0 Å². The molecule has 0 amide bonds. The van der Waals surface area contributed by atoms with Crippen molar-refractivity contribution >= 4 is 21.7 Å². The molecule has 0 bridgehead atoms. The quantitative estimate of drug-likeness (QED) is 0.795. The molecule has 3 atom stereocenters. The molecule has 0 spiro atoms. The smallest absolute Gasteiger partial charge is 0.140 e. The molecule has 0 N–H and O–H groups in total. The van der Waals surface area contributed by atoms with E-state index in [4.69, 9.17) is 0 Å². The van der Waals surface area contributed by atoms with E-state index in [1.165, 1.54) is 6.42 Å². The van der Waals surface area contributed by atoms with Gasteiger partial charge in [0.2, 0.25) is 0 Å². The molecular formula is C16H21BrO. The third-order valence-corrected chi connectivity index (χ3v) is 4.87. The Morgan fingerprint density at radius 1 is 1.17 bits per heavy atom. The second-order valence-corrected chi connectivity index (χ2v) is 6.65. The molecule has 0 saturated heterocycles. The summed E-state index contributed by atoms with van der Waals surface area (Å²) in [6.07, 6.45) is 3.97. The van der Waals surface area contributed by atoms with E-state index in [1.54, 1.807) is 0 Å². The fourth-order valence-electron chi connectivity index (χ4n) is 2.79. The Morgan fingerprint density at radius 2 is 1.83 bits per heavy atom.